The Balaban J connectivity index is 1.66. The molecule has 1 aromatic rings. The van der Waals surface area contributed by atoms with Gasteiger partial charge in [0.2, 0.25) is 0 Å². The van der Waals surface area contributed by atoms with Gasteiger partial charge in [0.15, 0.2) is 0 Å². The van der Waals surface area contributed by atoms with Gasteiger partial charge < -0.3 is 15.5 Å². The Morgan fingerprint density at radius 3 is 2.76 bits per heavy atom. The molecule has 0 bridgehead atoms. The van der Waals surface area contributed by atoms with E-state index >= 15 is 0 Å². The van der Waals surface area contributed by atoms with E-state index < -0.39 is 0 Å². The fraction of sp³-hybridized carbons (Fsp3) is 0.615. The maximum Gasteiger partial charge on any atom is 0.128 e. The van der Waals surface area contributed by atoms with Gasteiger partial charge >= 0.3 is 0 Å². The van der Waals surface area contributed by atoms with Crippen LogP contribution in [0.5, 0.6) is 0 Å². The van der Waals surface area contributed by atoms with E-state index in [0.29, 0.717) is 0 Å². The van der Waals surface area contributed by atoms with Crippen molar-refractivity contribution in [1.29, 1.82) is 0 Å². The lowest BCUT2D eigenvalue weighted by molar-refractivity contribution is 0.337. The van der Waals surface area contributed by atoms with Crippen LogP contribution in [-0.4, -0.2) is 43.1 Å². The fourth-order valence-electron chi connectivity index (χ4n) is 2.20. The van der Waals surface area contributed by atoms with E-state index in [4.69, 9.17) is 0 Å². The molecule has 0 radical (unpaired) electrons. The van der Waals surface area contributed by atoms with E-state index in [9.17, 15) is 0 Å². The van der Waals surface area contributed by atoms with E-state index in [1.165, 1.54) is 38.9 Å². The summed E-state index contributed by atoms with van der Waals surface area (Å²) in [6, 6.07) is 5.99. The van der Waals surface area contributed by atoms with E-state index in [1.54, 1.807) is 0 Å². The van der Waals surface area contributed by atoms with Gasteiger partial charge in [-0.3, -0.25) is 0 Å². The summed E-state index contributed by atoms with van der Waals surface area (Å²) >= 11 is 0. The molecule has 0 unspecified atom stereocenters. The van der Waals surface area contributed by atoms with Crippen molar-refractivity contribution in [2.24, 2.45) is 0 Å². The van der Waals surface area contributed by atoms with Gasteiger partial charge in [-0.05, 0) is 51.0 Å². The molecule has 4 heteroatoms. The molecule has 1 saturated heterocycles. The molecule has 4 nitrogen and oxygen atoms in total. The van der Waals surface area contributed by atoms with Gasteiger partial charge in [-0.25, -0.2) is 4.98 Å². The fourth-order valence-corrected chi connectivity index (χ4v) is 2.20. The molecule has 0 spiro atoms. The molecular formula is C13H22N4. The van der Waals surface area contributed by atoms with Gasteiger partial charge in [-0.2, -0.15) is 0 Å². The summed E-state index contributed by atoms with van der Waals surface area (Å²) in [7, 11) is 1.89. The van der Waals surface area contributed by atoms with Gasteiger partial charge in [-0.15, -0.1) is 0 Å². The maximum absolute atomic E-state index is 4.42. The molecule has 1 aliphatic heterocycles. The van der Waals surface area contributed by atoms with Crippen LogP contribution < -0.4 is 10.6 Å². The lowest BCUT2D eigenvalue weighted by atomic mass is 10.3. The first-order chi connectivity index (χ1) is 8.38. The number of likely N-dealkylation sites (tertiary alicyclic amines) is 1. The molecular weight excluding hydrogens is 212 g/mol. The molecule has 2 heterocycles. The zero-order valence-electron chi connectivity index (χ0n) is 10.6. The van der Waals surface area contributed by atoms with E-state index in [-0.39, 0.29) is 0 Å². The third-order valence-corrected chi connectivity index (χ3v) is 3.16. The van der Waals surface area contributed by atoms with Crippen LogP contribution in [0, 0.1) is 0 Å². The smallest absolute Gasteiger partial charge is 0.128 e. The van der Waals surface area contributed by atoms with Crippen LogP contribution >= 0.6 is 0 Å². The average molecular weight is 234 g/mol. The molecule has 1 aromatic heterocycles. The van der Waals surface area contributed by atoms with Crippen LogP contribution in [0.15, 0.2) is 18.2 Å². The highest BCUT2D eigenvalue weighted by atomic mass is 15.1. The molecule has 0 saturated carbocycles. The molecule has 0 aromatic carbocycles. The first-order valence-corrected chi connectivity index (χ1v) is 6.49. The summed E-state index contributed by atoms with van der Waals surface area (Å²) < 4.78 is 0. The highest BCUT2D eigenvalue weighted by molar-refractivity contribution is 5.44. The largest absolute Gasteiger partial charge is 0.373 e. The Bertz CT molecular complexity index is 334. The van der Waals surface area contributed by atoms with Crippen LogP contribution in [0.4, 0.5) is 11.6 Å². The Morgan fingerprint density at radius 1 is 1.24 bits per heavy atom. The normalized spacial score (nSPS) is 16.1. The monoisotopic (exact) mass is 234 g/mol. The molecule has 2 N–H and O–H groups in total. The lowest BCUT2D eigenvalue weighted by Gasteiger charge is -2.14. The maximum atomic E-state index is 4.42. The third kappa shape index (κ3) is 3.89. The van der Waals surface area contributed by atoms with Crippen LogP contribution in [-0.2, 0) is 0 Å². The van der Waals surface area contributed by atoms with Crippen LogP contribution in [0.2, 0.25) is 0 Å². The summed E-state index contributed by atoms with van der Waals surface area (Å²) in [6.07, 6.45) is 3.93. The summed E-state index contributed by atoms with van der Waals surface area (Å²) in [5.74, 6) is 1.87. The number of pyridine rings is 1. The second-order valence-electron chi connectivity index (χ2n) is 4.49. The molecule has 94 valence electrons. The van der Waals surface area contributed by atoms with E-state index in [0.717, 1.165) is 18.2 Å². The van der Waals surface area contributed by atoms with Gasteiger partial charge in [0.25, 0.3) is 0 Å². The summed E-state index contributed by atoms with van der Waals surface area (Å²) in [5, 5.41) is 6.41. The van der Waals surface area contributed by atoms with Crippen molar-refractivity contribution in [3.8, 4) is 0 Å². The van der Waals surface area contributed by atoms with Crippen molar-refractivity contribution in [3.63, 3.8) is 0 Å². The first kappa shape index (κ1) is 12.2. The predicted octanol–water partition coefficient (Wildman–Crippen LogP) is 2.02. The molecule has 0 amide bonds. The number of aromatic nitrogens is 1. The number of nitrogens with one attached hydrogen (secondary N) is 2. The molecule has 1 fully saturated rings. The van der Waals surface area contributed by atoms with Crippen molar-refractivity contribution < 1.29 is 0 Å². The Kier molecular flexibility index (Phi) is 4.62. The molecule has 0 aliphatic carbocycles. The number of nitrogens with zero attached hydrogens (tertiary/aromatic N) is 2. The van der Waals surface area contributed by atoms with Crippen LogP contribution in [0.25, 0.3) is 0 Å². The minimum Gasteiger partial charge on any atom is -0.373 e. The lowest BCUT2D eigenvalue weighted by Crippen LogP contribution is -2.22. The third-order valence-electron chi connectivity index (χ3n) is 3.16. The van der Waals surface area contributed by atoms with Crippen molar-refractivity contribution in [1.82, 2.24) is 9.88 Å². The van der Waals surface area contributed by atoms with Gasteiger partial charge in [0, 0.05) is 13.6 Å². The summed E-state index contributed by atoms with van der Waals surface area (Å²) in [4.78, 5) is 6.97. The quantitative estimate of drug-likeness (QED) is 0.739. The molecule has 1 aliphatic rings. The molecule has 17 heavy (non-hydrogen) atoms. The van der Waals surface area contributed by atoms with Gasteiger partial charge in [0.05, 0.1) is 0 Å². The van der Waals surface area contributed by atoms with E-state index in [1.807, 2.05) is 25.2 Å². The summed E-state index contributed by atoms with van der Waals surface area (Å²) in [5.41, 5.74) is 0. The molecule has 0 atom stereocenters. The molecule has 2 rings (SSSR count). The first-order valence-electron chi connectivity index (χ1n) is 6.49. The Hall–Kier alpha value is -1.29. The predicted molar refractivity (Wildman–Crippen MR) is 72.6 cm³/mol. The van der Waals surface area contributed by atoms with Crippen molar-refractivity contribution >= 4 is 11.6 Å². The minimum atomic E-state index is 0.912. The topological polar surface area (TPSA) is 40.2 Å². The highest BCUT2D eigenvalue weighted by Gasteiger charge is 2.09. The minimum absolute atomic E-state index is 0.912. The second-order valence-corrected chi connectivity index (χ2v) is 4.49. The number of rotatable bonds is 6. The Labute approximate surface area is 103 Å². The van der Waals surface area contributed by atoms with Crippen molar-refractivity contribution in [2.75, 3.05) is 43.9 Å². The van der Waals surface area contributed by atoms with Gasteiger partial charge in [-0.1, -0.05) is 6.07 Å². The second kappa shape index (κ2) is 6.45. The van der Waals surface area contributed by atoms with E-state index in [2.05, 4.69) is 20.5 Å². The van der Waals surface area contributed by atoms with Crippen molar-refractivity contribution in [2.45, 2.75) is 19.3 Å². The Morgan fingerprint density at radius 2 is 2.00 bits per heavy atom. The van der Waals surface area contributed by atoms with Gasteiger partial charge in [0.1, 0.15) is 11.6 Å². The number of hydrogen-bond donors (Lipinski definition) is 2. The van der Waals surface area contributed by atoms with Crippen LogP contribution in [0.3, 0.4) is 0 Å². The SMILES string of the molecule is CNc1cccc(NCCCN2CCCC2)n1. The summed E-state index contributed by atoms with van der Waals surface area (Å²) in [6.45, 7) is 4.77. The average Bonchev–Trinajstić information content (AvgIpc) is 2.88. The van der Waals surface area contributed by atoms with Crippen molar-refractivity contribution in [3.05, 3.63) is 18.2 Å². The highest BCUT2D eigenvalue weighted by Crippen LogP contribution is 2.09. The standard InChI is InChI=1S/C13H22N4/c1-14-12-6-4-7-13(16-12)15-8-5-11-17-9-2-3-10-17/h4,6-7H,2-3,5,8-11H2,1H3,(H2,14,15,16). The van der Waals surface area contributed by atoms with Crippen LogP contribution in [0.1, 0.15) is 19.3 Å². The number of anilines is 2. The zero-order chi connectivity index (χ0) is 11.9. The zero-order valence-corrected chi connectivity index (χ0v) is 10.6. The number of hydrogen-bond acceptors (Lipinski definition) is 4.